The second-order valence-corrected chi connectivity index (χ2v) is 2.45. The Morgan fingerprint density at radius 2 is 1.33 bits per heavy atom. The van der Waals surface area contributed by atoms with Gasteiger partial charge in [-0.1, -0.05) is 12.8 Å². The summed E-state index contributed by atoms with van der Waals surface area (Å²) in [5.41, 5.74) is 0. The minimum Gasteiger partial charge on any atom is -0.344 e. The van der Waals surface area contributed by atoms with Crippen LogP contribution in [0.5, 0.6) is 0 Å². The molecule has 1 aliphatic rings. The van der Waals surface area contributed by atoms with Crippen LogP contribution in [0.15, 0.2) is 0 Å². The van der Waals surface area contributed by atoms with Crippen molar-refractivity contribution in [1.82, 2.24) is 6.15 Å². The Morgan fingerprint density at radius 1 is 0.889 bits per heavy atom. The lowest BCUT2D eigenvalue weighted by Crippen LogP contribution is -1.91. The van der Waals surface area contributed by atoms with E-state index in [1.54, 1.807) is 0 Å². The van der Waals surface area contributed by atoms with Gasteiger partial charge in [0.05, 0.1) is 0 Å². The largest absolute Gasteiger partial charge is 0.344 e. The zero-order chi connectivity index (χ0) is 5.82. The summed E-state index contributed by atoms with van der Waals surface area (Å²) in [5.74, 6) is 0.475. The SMILES string of the molecule is N.O=C1CCCCCC1. The van der Waals surface area contributed by atoms with Crippen LogP contribution in [0.2, 0.25) is 0 Å². The summed E-state index contributed by atoms with van der Waals surface area (Å²) in [6.45, 7) is 0. The van der Waals surface area contributed by atoms with Crippen molar-refractivity contribution in [1.29, 1.82) is 0 Å². The van der Waals surface area contributed by atoms with Gasteiger partial charge in [-0.2, -0.15) is 0 Å². The third-order valence-corrected chi connectivity index (χ3v) is 1.66. The van der Waals surface area contributed by atoms with Crippen LogP contribution in [0.4, 0.5) is 0 Å². The molecule has 1 aliphatic carbocycles. The van der Waals surface area contributed by atoms with Crippen LogP contribution in [-0.2, 0) is 4.79 Å². The molecule has 0 atom stereocenters. The maximum Gasteiger partial charge on any atom is 0.132 e. The highest BCUT2D eigenvalue weighted by Crippen LogP contribution is 2.12. The Bertz CT molecular complexity index is 80.9. The molecule has 0 aromatic carbocycles. The highest BCUT2D eigenvalue weighted by molar-refractivity contribution is 5.78. The molecule has 0 radical (unpaired) electrons. The van der Waals surface area contributed by atoms with Crippen LogP contribution in [-0.4, -0.2) is 5.78 Å². The van der Waals surface area contributed by atoms with E-state index in [9.17, 15) is 4.79 Å². The van der Waals surface area contributed by atoms with Crippen molar-refractivity contribution >= 4 is 5.78 Å². The first-order valence-corrected chi connectivity index (χ1v) is 3.41. The fraction of sp³-hybridized carbons (Fsp3) is 0.857. The third-order valence-electron chi connectivity index (χ3n) is 1.66. The predicted molar refractivity (Wildman–Crippen MR) is 37.7 cm³/mol. The van der Waals surface area contributed by atoms with Crippen molar-refractivity contribution < 1.29 is 4.79 Å². The number of hydrogen-bond acceptors (Lipinski definition) is 2. The Labute approximate surface area is 56.2 Å². The average Bonchev–Trinajstić information content (AvgIpc) is 1.94. The van der Waals surface area contributed by atoms with Gasteiger partial charge in [0, 0.05) is 12.8 Å². The maximum absolute atomic E-state index is 10.7. The summed E-state index contributed by atoms with van der Waals surface area (Å²) in [6, 6.07) is 0. The molecule has 0 aromatic heterocycles. The molecule has 2 heteroatoms. The fourth-order valence-corrected chi connectivity index (χ4v) is 1.12. The van der Waals surface area contributed by atoms with E-state index in [-0.39, 0.29) is 6.15 Å². The zero-order valence-corrected chi connectivity index (χ0v) is 5.86. The first-order chi connectivity index (χ1) is 3.89. The van der Waals surface area contributed by atoms with Crippen molar-refractivity contribution in [2.24, 2.45) is 0 Å². The standard InChI is InChI=1S/C7H12O.H3N/c8-7-5-3-1-2-4-6-7;/h1-6H2;1H3. The summed E-state index contributed by atoms with van der Waals surface area (Å²) in [7, 11) is 0. The molecular weight excluding hydrogens is 114 g/mol. The number of carbonyl (C=O) groups is 1. The van der Waals surface area contributed by atoms with Gasteiger partial charge in [-0.25, -0.2) is 0 Å². The van der Waals surface area contributed by atoms with Crippen LogP contribution >= 0.6 is 0 Å². The quantitative estimate of drug-likeness (QED) is 0.509. The average molecular weight is 129 g/mol. The van der Waals surface area contributed by atoms with Gasteiger partial charge in [0.2, 0.25) is 0 Å². The lowest BCUT2D eigenvalue weighted by molar-refractivity contribution is -0.118. The molecule has 0 bridgehead atoms. The van der Waals surface area contributed by atoms with E-state index in [0.29, 0.717) is 5.78 Å². The number of carbonyl (C=O) groups excluding carboxylic acids is 1. The van der Waals surface area contributed by atoms with Crippen molar-refractivity contribution in [3.05, 3.63) is 0 Å². The zero-order valence-electron chi connectivity index (χ0n) is 5.86. The third kappa shape index (κ3) is 3.25. The summed E-state index contributed by atoms with van der Waals surface area (Å²) < 4.78 is 0. The summed E-state index contributed by atoms with van der Waals surface area (Å²) >= 11 is 0. The number of hydrogen-bond donors (Lipinski definition) is 1. The van der Waals surface area contributed by atoms with Gasteiger partial charge in [0.25, 0.3) is 0 Å². The monoisotopic (exact) mass is 129 g/mol. The minimum atomic E-state index is 0. The maximum atomic E-state index is 10.7. The number of Topliss-reactive ketones (excluding diaryl/α,β-unsaturated/α-hetero) is 1. The molecule has 3 N–H and O–H groups in total. The van der Waals surface area contributed by atoms with Crippen molar-refractivity contribution in [3.8, 4) is 0 Å². The van der Waals surface area contributed by atoms with Gasteiger partial charge in [0.1, 0.15) is 5.78 Å². The van der Waals surface area contributed by atoms with E-state index in [4.69, 9.17) is 0 Å². The lowest BCUT2D eigenvalue weighted by Gasteiger charge is -1.87. The van der Waals surface area contributed by atoms with Crippen LogP contribution in [0.25, 0.3) is 0 Å². The highest BCUT2D eigenvalue weighted by atomic mass is 16.1. The fourth-order valence-electron chi connectivity index (χ4n) is 1.12. The molecule has 0 aliphatic heterocycles. The van der Waals surface area contributed by atoms with Gasteiger partial charge in [0.15, 0.2) is 0 Å². The molecule has 0 saturated heterocycles. The minimum absolute atomic E-state index is 0. The second-order valence-electron chi connectivity index (χ2n) is 2.45. The van der Waals surface area contributed by atoms with E-state index in [1.165, 1.54) is 12.8 Å². The van der Waals surface area contributed by atoms with E-state index >= 15 is 0 Å². The van der Waals surface area contributed by atoms with Crippen molar-refractivity contribution in [2.45, 2.75) is 38.5 Å². The van der Waals surface area contributed by atoms with Gasteiger partial charge < -0.3 is 6.15 Å². The molecule has 1 fully saturated rings. The Morgan fingerprint density at radius 3 is 1.78 bits per heavy atom. The van der Waals surface area contributed by atoms with Gasteiger partial charge in [-0.15, -0.1) is 0 Å². The Balaban J connectivity index is 0.000000640. The van der Waals surface area contributed by atoms with Gasteiger partial charge >= 0.3 is 0 Å². The molecule has 1 rings (SSSR count). The lowest BCUT2D eigenvalue weighted by atomic mass is 10.2. The molecule has 0 heterocycles. The smallest absolute Gasteiger partial charge is 0.132 e. The van der Waals surface area contributed by atoms with Crippen LogP contribution in [0, 0.1) is 0 Å². The first-order valence-electron chi connectivity index (χ1n) is 3.41. The van der Waals surface area contributed by atoms with E-state index in [2.05, 4.69) is 0 Å². The first kappa shape index (κ1) is 8.63. The topological polar surface area (TPSA) is 52.1 Å². The Kier molecular flexibility index (Phi) is 4.32. The molecule has 54 valence electrons. The molecule has 1 saturated carbocycles. The van der Waals surface area contributed by atoms with Crippen molar-refractivity contribution in [3.63, 3.8) is 0 Å². The molecule has 0 unspecified atom stereocenters. The number of ketones is 1. The van der Waals surface area contributed by atoms with Crippen LogP contribution in [0.3, 0.4) is 0 Å². The van der Waals surface area contributed by atoms with E-state index in [1.807, 2.05) is 0 Å². The summed E-state index contributed by atoms with van der Waals surface area (Å²) in [5, 5.41) is 0. The van der Waals surface area contributed by atoms with Crippen LogP contribution < -0.4 is 6.15 Å². The molecule has 0 amide bonds. The summed E-state index contributed by atoms with van der Waals surface area (Å²) in [4.78, 5) is 10.7. The Hall–Kier alpha value is -0.370. The summed E-state index contributed by atoms with van der Waals surface area (Å²) in [6.07, 6.45) is 6.51. The second kappa shape index (κ2) is 4.50. The normalized spacial score (nSPS) is 20.2. The highest BCUT2D eigenvalue weighted by Gasteiger charge is 2.04. The van der Waals surface area contributed by atoms with Crippen molar-refractivity contribution in [2.75, 3.05) is 0 Å². The van der Waals surface area contributed by atoms with Crippen LogP contribution in [0.1, 0.15) is 38.5 Å². The predicted octanol–water partition coefficient (Wildman–Crippen LogP) is 2.07. The molecule has 0 aromatic rings. The van der Waals surface area contributed by atoms with Gasteiger partial charge in [-0.3, -0.25) is 4.79 Å². The molecular formula is C7H15NO. The molecule has 2 nitrogen and oxygen atoms in total. The number of rotatable bonds is 0. The van der Waals surface area contributed by atoms with E-state index in [0.717, 1.165) is 25.7 Å². The van der Waals surface area contributed by atoms with Gasteiger partial charge in [-0.05, 0) is 12.8 Å². The molecule has 9 heavy (non-hydrogen) atoms. The van der Waals surface area contributed by atoms with E-state index < -0.39 is 0 Å². The molecule has 0 spiro atoms.